The van der Waals surface area contributed by atoms with Crippen LogP contribution < -0.4 is 0 Å². The molecule has 8 atom stereocenters. The Morgan fingerprint density at radius 1 is 1.09 bits per heavy atom. The fourth-order valence-corrected chi connectivity index (χ4v) is 8.74. The predicted octanol–water partition coefficient (Wildman–Crippen LogP) is 3.90. The van der Waals surface area contributed by atoms with E-state index in [-0.39, 0.29) is 26.6 Å². The van der Waals surface area contributed by atoms with Gasteiger partial charge in [-0.25, -0.2) is 0 Å². The van der Waals surface area contributed by atoms with Gasteiger partial charge < -0.3 is 4.74 Å². The third kappa shape index (κ3) is 2.15. The number of carbonyl (C=O) groups is 2. The van der Waals surface area contributed by atoms with Gasteiger partial charge in [-0.3, -0.25) is 9.59 Å². The molecule has 4 aliphatic rings. The van der Waals surface area contributed by atoms with Crippen LogP contribution in [0.2, 0.25) is 0 Å². The van der Waals surface area contributed by atoms with E-state index < -0.39 is 0 Å². The van der Waals surface area contributed by atoms with Gasteiger partial charge in [0.15, 0.2) is 11.6 Å². The van der Waals surface area contributed by atoms with E-state index in [4.69, 9.17) is 4.74 Å². The number of rotatable bonds is 0. The molecular formula is C18H24Br2O3. The van der Waals surface area contributed by atoms with E-state index in [0.717, 1.165) is 32.1 Å². The zero-order valence-electron chi connectivity index (χ0n) is 13.7. The number of Topliss-reactive ketones (excluding diaryl/α,β-unsaturated/α-hetero) is 2. The average molecular weight is 448 g/mol. The third-order valence-electron chi connectivity index (χ3n) is 7.60. The van der Waals surface area contributed by atoms with Gasteiger partial charge in [-0.05, 0) is 55.3 Å². The molecule has 0 aromatic carbocycles. The van der Waals surface area contributed by atoms with Crippen LogP contribution in [-0.4, -0.2) is 33.9 Å². The van der Waals surface area contributed by atoms with E-state index in [2.05, 4.69) is 45.7 Å². The normalized spacial score (nSPS) is 56.0. The Morgan fingerprint density at radius 2 is 1.83 bits per heavy atom. The van der Waals surface area contributed by atoms with Crippen molar-refractivity contribution in [3.63, 3.8) is 0 Å². The molecule has 0 spiro atoms. The summed E-state index contributed by atoms with van der Waals surface area (Å²) in [6.07, 6.45) is 5.18. The number of alkyl halides is 2. The first-order chi connectivity index (χ1) is 10.8. The molecule has 1 aliphatic heterocycles. The Labute approximate surface area is 154 Å². The molecular weight excluding hydrogens is 424 g/mol. The van der Waals surface area contributed by atoms with Crippen molar-refractivity contribution < 1.29 is 14.3 Å². The predicted molar refractivity (Wildman–Crippen MR) is 95.0 cm³/mol. The Morgan fingerprint density at radius 3 is 2.57 bits per heavy atom. The maximum atomic E-state index is 12.4. The summed E-state index contributed by atoms with van der Waals surface area (Å²) in [4.78, 5) is 24.6. The van der Waals surface area contributed by atoms with Crippen LogP contribution in [0.3, 0.4) is 0 Å². The summed E-state index contributed by atoms with van der Waals surface area (Å²) in [5, 5.41) is 0. The van der Waals surface area contributed by atoms with Crippen molar-refractivity contribution in [1.82, 2.24) is 0 Å². The Hall–Kier alpha value is 0.260. The van der Waals surface area contributed by atoms with Gasteiger partial charge in [0.1, 0.15) is 6.61 Å². The number of fused-ring (bicyclic) bond motifs is 5. The molecule has 5 heteroatoms. The van der Waals surface area contributed by atoms with Crippen LogP contribution >= 0.6 is 31.9 Å². The SMILES string of the molecule is C[C@]12C[C@@H](Br)C(=O)[C@@H](Br)[C@@H]1CC[C@@H]1[C@@H]2CC[C@]2(C)C(=O)CO[C@@H]12. The molecule has 0 amide bonds. The Kier molecular flexibility index (Phi) is 3.91. The second-order valence-corrected chi connectivity index (χ2v) is 10.6. The van der Waals surface area contributed by atoms with Gasteiger partial charge in [-0.2, -0.15) is 0 Å². The lowest BCUT2D eigenvalue weighted by atomic mass is 9.46. The summed E-state index contributed by atoms with van der Waals surface area (Å²) in [7, 11) is 0. The number of ketones is 2. The number of hydrogen-bond acceptors (Lipinski definition) is 3. The van der Waals surface area contributed by atoms with Gasteiger partial charge in [-0.1, -0.05) is 45.7 Å². The monoisotopic (exact) mass is 446 g/mol. The van der Waals surface area contributed by atoms with E-state index >= 15 is 0 Å². The van der Waals surface area contributed by atoms with Crippen molar-refractivity contribution in [2.75, 3.05) is 6.61 Å². The number of halogens is 2. The Bertz CT molecular complexity index is 564. The molecule has 4 fully saturated rings. The number of hydrogen-bond donors (Lipinski definition) is 0. The van der Waals surface area contributed by atoms with E-state index in [1.165, 1.54) is 0 Å². The van der Waals surface area contributed by atoms with Crippen LogP contribution in [0.4, 0.5) is 0 Å². The molecule has 0 N–H and O–H groups in total. The summed E-state index contributed by atoms with van der Waals surface area (Å²) in [5.74, 6) is 2.03. The molecule has 1 saturated heterocycles. The summed E-state index contributed by atoms with van der Waals surface area (Å²) in [6, 6.07) is 0. The van der Waals surface area contributed by atoms with Gasteiger partial charge in [0.05, 0.1) is 21.2 Å². The molecule has 3 aliphatic carbocycles. The first kappa shape index (κ1) is 16.7. The van der Waals surface area contributed by atoms with Crippen LogP contribution in [0.25, 0.3) is 0 Å². The molecule has 128 valence electrons. The minimum absolute atomic E-state index is 0.0361. The zero-order valence-corrected chi connectivity index (χ0v) is 16.9. The van der Waals surface area contributed by atoms with Gasteiger partial charge >= 0.3 is 0 Å². The van der Waals surface area contributed by atoms with Crippen molar-refractivity contribution in [3.8, 4) is 0 Å². The maximum Gasteiger partial charge on any atom is 0.166 e. The van der Waals surface area contributed by atoms with Crippen molar-refractivity contribution in [2.45, 2.75) is 61.7 Å². The second-order valence-electron chi connectivity index (χ2n) is 8.55. The van der Waals surface area contributed by atoms with Crippen molar-refractivity contribution in [3.05, 3.63) is 0 Å². The molecule has 23 heavy (non-hydrogen) atoms. The molecule has 0 bridgehead atoms. The number of carbonyl (C=O) groups excluding carboxylic acids is 2. The maximum absolute atomic E-state index is 12.4. The smallest absolute Gasteiger partial charge is 0.166 e. The lowest BCUT2D eigenvalue weighted by Gasteiger charge is -2.60. The molecule has 4 rings (SSSR count). The van der Waals surface area contributed by atoms with E-state index in [1.807, 2.05) is 0 Å². The fourth-order valence-electron chi connectivity index (χ4n) is 6.22. The van der Waals surface area contributed by atoms with Gasteiger partial charge in [0.25, 0.3) is 0 Å². The van der Waals surface area contributed by atoms with Crippen LogP contribution in [-0.2, 0) is 14.3 Å². The number of ether oxygens (including phenoxy) is 1. The zero-order chi connectivity index (χ0) is 16.6. The summed E-state index contributed by atoms with van der Waals surface area (Å²) < 4.78 is 6.00. The highest BCUT2D eigenvalue weighted by atomic mass is 79.9. The summed E-state index contributed by atoms with van der Waals surface area (Å²) >= 11 is 7.32. The van der Waals surface area contributed by atoms with E-state index in [0.29, 0.717) is 35.9 Å². The standard InChI is InChI=1S/C18H24Br2O3/c1-17-6-5-10-9(16(17)23-8-13(17)21)3-4-11-14(20)15(22)12(19)7-18(10,11)2/h9-12,14,16H,3-8H2,1-2H3/t9-,10+,11+,12-,14+,16+,17-,18-/m1/s1. The van der Waals surface area contributed by atoms with Crippen molar-refractivity contribution in [1.29, 1.82) is 0 Å². The Balaban J connectivity index is 1.68. The lowest BCUT2D eigenvalue weighted by Crippen LogP contribution is -2.60. The first-order valence-corrected chi connectivity index (χ1v) is 10.6. The third-order valence-corrected chi connectivity index (χ3v) is 9.46. The molecule has 0 radical (unpaired) electrons. The molecule has 3 nitrogen and oxygen atoms in total. The summed E-state index contributed by atoms with van der Waals surface area (Å²) in [5.41, 5.74) is -0.119. The topological polar surface area (TPSA) is 43.4 Å². The van der Waals surface area contributed by atoms with Crippen molar-refractivity contribution >= 4 is 43.4 Å². The fraction of sp³-hybridized carbons (Fsp3) is 0.889. The van der Waals surface area contributed by atoms with E-state index in [9.17, 15) is 9.59 Å². The summed E-state index contributed by atoms with van der Waals surface area (Å²) in [6.45, 7) is 4.79. The lowest BCUT2D eigenvalue weighted by molar-refractivity contribution is -0.147. The highest BCUT2D eigenvalue weighted by Crippen LogP contribution is 2.63. The van der Waals surface area contributed by atoms with Gasteiger partial charge in [-0.15, -0.1) is 0 Å². The van der Waals surface area contributed by atoms with E-state index in [1.54, 1.807) is 0 Å². The van der Waals surface area contributed by atoms with Crippen LogP contribution in [0.5, 0.6) is 0 Å². The molecule has 0 aromatic rings. The largest absolute Gasteiger partial charge is 0.369 e. The minimum Gasteiger partial charge on any atom is -0.369 e. The molecule has 1 heterocycles. The van der Waals surface area contributed by atoms with Crippen LogP contribution in [0, 0.1) is 28.6 Å². The van der Waals surface area contributed by atoms with Crippen molar-refractivity contribution in [2.24, 2.45) is 28.6 Å². The highest BCUT2D eigenvalue weighted by Gasteiger charge is 2.63. The molecule has 3 saturated carbocycles. The van der Waals surface area contributed by atoms with Crippen LogP contribution in [0.15, 0.2) is 0 Å². The molecule has 0 unspecified atom stereocenters. The van der Waals surface area contributed by atoms with Gasteiger partial charge in [0, 0.05) is 0 Å². The minimum atomic E-state index is -0.267. The highest BCUT2D eigenvalue weighted by molar-refractivity contribution is 9.10. The van der Waals surface area contributed by atoms with Gasteiger partial charge in [0.2, 0.25) is 0 Å². The first-order valence-electron chi connectivity index (χ1n) is 8.76. The quantitative estimate of drug-likeness (QED) is 0.529. The average Bonchev–Trinajstić information content (AvgIpc) is 2.80. The van der Waals surface area contributed by atoms with Crippen LogP contribution in [0.1, 0.15) is 46.0 Å². The molecule has 0 aromatic heterocycles. The second kappa shape index (κ2) is 5.38.